The van der Waals surface area contributed by atoms with Crippen LogP contribution < -0.4 is 4.90 Å². The van der Waals surface area contributed by atoms with E-state index in [0.717, 1.165) is 24.2 Å². The molecule has 0 aliphatic carbocycles. The Morgan fingerprint density at radius 3 is 2.58 bits per heavy atom. The Balaban J connectivity index is 1.60. The van der Waals surface area contributed by atoms with Crippen molar-refractivity contribution in [2.45, 2.75) is 25.4 Å². The number of carboxylic acid groups (broad SMARTS) is 1. The molecule has 2 heterocycles. The molecule has 2 aliphatic heterocycles. The number of morpholine rings is 1. The molecule has 2 aliphatic rings. The van der Waals surface area contributed by atoms with E-state index in [4.69, 9.17) is 9.84 Å². The third-order valence-corrected chi connectivity index (χ3v) is 4.37. The lowest BCUT2D eigenvalue weighted by atomic mass is 10.1. The van der Waals surface area contributed by atoms with Gasteiger partial charge in [0.15, 0.2) is 6.10 Å². The molecule has 1 aromatic rings. The Morgan fingerprint density at radius 1 is 1.21 bits per heavy atom. The Labute approximate surface area is 139 Å². The number of aliphatic carboxylic acids is 1. The standard InChI is InChI=1S/C17H20N2O5/c20-15-2-1-7-19(15)13-5-3-12(4-6-13)10-16(21)18-8-9-24-14(11-18)17(22)23/h3-6,14H,1-2,7-11H2,(H,22,23). The average Bonchev–Trinajstić information content (AvgIpc) is 3.01. The summed E-state index contributed by atoms with van der Waals surface area (Å²) in [6.45, 7) is 1.46. The summed E-state index contributed by atoms with van der Waals surface area (Å²) in [5.74, 6) is -1.03. The van der Waals surface area contributed by atoms with E-state index in [0.29, 0.717) is 13.0 Å². The maximum Gasteiger partial charge on any atom is 0.334 e. The minimum atomic E-state index is -1.05. The van der Waals surface area contributed by atoms with Gasteiger partial charge in [-0.15, -0.1) is 0 Å². The Bertz CT molecular complexity index is 643. The second kappa shape index (κ2) is 7.00. The van der Waals surface area contributed by atoms with Gasteiger partial charge in [-0.1, -0.05) is 12.1 Å². The fourth-order valence-corrected chi connectivity index (χ4v) is 3.03. The van der Waals surface area contributed by atoms with Crippen LogP contribution in [0.2, 0.25) is 0 Å². The molecule has 0 spiro atoms. The van der Waals surface area contributed by atoms with Gasteiger partial charge in [0.2, 0.25) is 11.8 Å². The molecule has 0 bridgehead atoms. The quantitative estimate of drug-likeness (QED) is 0.875. The van der Waals surface area contributed by atoms with Crippen molar-refractivity contribution in [1.82, 2.24) is 4.90 Å². The molecule has 3 rings (SSSR count). The monoisotopic (exact) mass is 332 g/mol. The molecule has 1 unspecified atom stereocenters. The van der Waals surface area contributed by atoms with Gasteiger partial charge in [-0.2, -0.15) is 0 Å². The lowest BCUT2D eigenvalue weighted by Gasteiger charge is -2.31. The van der Waals surface area contributed by atoms with Crippen LogP contribution in [0.25, 0.3) is 0 Å². The number of hydrogen-bond acceptors (Lipinski definition) is 4. The molecule has 1 N–H and O–H groups in total. The van der Waals surface area contributed by atoms with Gasteiger partial charge in [-0.3, -0.25) is 9.59 Å². The van der Waals surface area contributed by atoms with Gasteiger partial charge in [0.1, 0.15) is 0 Å². The molecule has 128 valence electrons. The molecule has 24 heavy (non-hydrogen) atoms. The molecule has 2 saturated heterocycles. The van der Waals surface area contributed by atoms with Crippen LogP contribution in [0.15, 0.2) is 24.3 Å². The van der Waals surface area contributed by atoms with Crippen LogP contribution in [-0.4, -0.2) is 60.1 Å². The number of carboxylic acids is 1. The molecular formula is C17H20N2O5. The van der Waals surface area contributed by atoms with Crippen molar-refractivity contribution in [2.24, 2.45) is 0 Å². The van der Waals surface area contributed by atoms with Gasteiger partial charge in [0.25, 0.3) is 0 Å². The first-order chi connectivity index (χ1) is 11.5. The zero-order chi connectivity index (χ0) is 17.1. The Kier molecular flexibility index (Phi) is 4.80. The van der Waals surface area contributed by atoms with Gasteiger partial charge in [0.05, 0.1) is 19.6 Å². The van der Waals surface area contributed by atoms with Crippen molar-refractivity contribution in [2.75, 3.05) is 31.1 Å². The average molecular weight is 332 g/mol. The number of hydrogen-bond donors (Lipinski definition) is 1. The van der Waals surface area contributed by atoms with E-state index >= 15 is 0 Å². The van der Waals surface area contributed by atoms with E-state index < -0.39 is 12.1 Å². The summed E-state index contributed by atoms with van der Waals surface area (Å²) in [5, 5.41) is 8.99. The van der Waals surface area contributed by atoms with E-state index in [9.17, 15) is 14.4 Å². The van der Waals surface area contributed by atoms with Crippen molar-refractivity contribution in [3.8, 4) is 0 Å². The SMILES string of the molecule is O=C(O)C1CN(C(=O)Cc2ccc(N3CCCC3=O)cc2)CCO1. The highest BCUT2D eigenvalue weighted by atomic mass is 16.5. The third kappa shape index (κ3) is 3.56. The number of anilines is 1. The maximum absolute atomic E-state index is 12.3. The summed E-state index contributed by atoms with van der Waals surface area (Å²) in [6, 6.07) is 7.39. The smallest absolute Gasteiger partial charge is 0.334 e. The third-order valence-electron chi connectivity index (χ3n) is 4.37. The highest BCUT2D eigenvalue weighted by Gasteiger charge is 2.29. The highest BCUT2D eigenvalue weighted by Crippen LogP contribution is 2.22. The fourth-order valence-electron chi connectivity index (χ4n) is 3.03. The first-order valence-electron chi connectivity index (χ1n) is 8.06. The molecule has 7 heteroatoms. The molecule has 7 nitrogen and oxygen atoms in total. The van der Waals surface area contributed by atoms with Crippen molar-refractivity contribution in [3.63, 3.8) is 0 Å². The molecule has 0 radical (unpaired) electrons. The predicted octanol–water partition coefficient (Wildman–Crippen LogP) is 0.668. The summed E-state index contributed by atoms with van der Waals surface area (Å²) < 4.78 is 5.12. The minimum Gasteiger partial charge on any atom is -0.479 e. The predicted molar refractivity (Wildman–Crippen MR) is 85.7 cm³/mol. The first-order valence-corrected chi connectivity index (χ1v) is 8.06. The summed E-state index contributed by atoms with van der Waals surface area (Å²) in [6.07, 6.45) is 0.718. The van der Waals surface area contributed by atoms with Crippen LogP contribution >= 0.6 is 0 Å². The van der Waals surface area contributed by atoms with Gasteiger partial charge in [-0.25, -0.2) is 4.79 Å². The molecule has 0 saturated carbocycles. The van der Waals surface area contributed by atoms with Gasteiger partial charge in [-0.05, 0) is 24.1 Å². The summed E-state index contributed by atoms with van der Waals surface area (Å²) in [4.78, 5) is 38.3. The maximum atomic E-state index is 12.3. The summed E-state index contributed by atoms with van der Waals surface area (Å²) in [7, 11) is 0. The topological polar surface area (TPSA) is 87.2 Å². The zero-order valence-electron chi connectivity index (χ0n) is 13.3. The van der Waals surface area contributed by atoms with Gasteiger partial charge in [0, 0.05) is 25.2 Å². The van der Waals surface area contributed by atoms with Gasteiger partial charge >= 0.3 is 5.97 Å². The number of nitrogens with zero attached hydrogens (tertiary/aromatic N) is 2. The van der Waals surface area contributed by atoms with E-state index in [1.807, 2.05) is 24.3 Å². The Morgan fingerprint density at radius 2 is 1.96 bits per heavy atom. The molecule has 1 atom stereocenters. The second-order valence-corrected chi connectivity index (χ2v) is 6.03. The first kappa shape index (κ1) is 16.4. The van der Waals surface area contributed by atoms with Crippen LogP contribution in [0, 0.1) is 0 Å². The van der Waals surface area contributed by atoms with Crippen molar-refractivity contribution < 1.29 is 24.2 Å². The number of amides is 2. The number of benzene rings is 1. The molecule has 2 amide bonds. The highest BCUT2D eigenvalue weighted by molar-refractivity contribution is 5.95. The van der Waals surface area contributed by atoms with Crippen molar-refractivity contribution >= 4 is 23.5 Å². The summed E-state index contributed by atoms with van der Waals surface area (Å²) in [5.41, 5.74) is 1.69. The zero-order valence-corrected chi connectivity index (χ0v) is 13.3. The minimum absolute atomic E-state index is 0.0779. The second-order valence-electron chi connectivity index (χ2n) is 6.03. The lowest BCUT2D eigenvalue weighted by Crippen LogP contribution is -2.49. The van der Waals surface area contributed by atoms with E-state index in [1.165, 1.54) is 4.90 Å². The molecular weight excluding hydrogens is 312 g/mol. The molecule has 1 aromatic carbocycles. The van der Waals surface area contributed by atoms with E-state index in [-0.39, 0.29) is 31.4 Å². The summed E-state index contributed by atoms with van der Waals surface area (Å²) >= 11 is 0. The van der Waals surface area contributed by atoms with Crippen LogP contribution in [0.1, 0.15) is 18.4 Å². The number of carbonyl (C=O) groups excluding carboxylic acids is 2. The van der Waals surface area contributed by atoms with Crippen LogP contribution in [0.3, 0.4) is 0 Å². The van der Waals surface area contributed by atoms with Crippen molar-refractivity contribution in [3.05, 3.63) is 29.8 Å². The van der Waals surface area contributed by atoms with Crippen molar-refractivity contribution in [1.29, 1.82) is 0 Å². The van der Waals surface area contributed by atoms with E-state index in [2.05, 4.69) is 0 Å². The number of rotatable bonds is 4. The number of ether oxygens (including phenoxy) is 1. The Hall–Kier alpha value is -2.41. The largest absolute Gasteiger partial charge is 0.479 e. The van der Waals surface area contributed by atoms with Crippen LogP contribution in [0.4, 0.5) is 5.69 Å². The van der Waals surface area contributed by atoms with E-state index in [1.54, 1.807) is 4.90 Å². The molecule has 0 aromatic heterocycles. The van der Waals surface area contributed by atoms with Gasteiger partial charge < -0.3 is 19.6 Å². The normalized spacial score (nSPS) is 21.2. The lowest BCUT2D eigenvalue weighted by molar-refractivity contribution is -0.159. The fraction of sp³-hybridized carbons (Fsp3) is 0.471. The molecule has 2 fully saturated rings. The van der Waals surface area contributed by atoms with Crippen LogP contribution in [0.5, 0.6) is 0 Å². The number of carbonyl (C=O) groups is 3. The van der Waals surface area contributed by atoms with Crippen LogP contribution in [-0.2, 0) is 25.5 Å².